The summed E-state index contributed by atoms with van der Waals surface area (Å²) in [6, 6.07) is 5.34. The first-order chi connectivity index (χ1) is 12.6. The van der Waals surface area contributed by atoms with Crippen LogP contribution in [0.2, 0.25) is 10.0 Å². The summed E-state index contributed by atoms with van der Waals surface area (Å²) < 4.78 is 12.1. The highest BCUT2D eigenvalue weighted by Crippen LogP contribution is 2.35. The maximum atomic E-state index is 11.8. The Morgan fingerprint density at radius 3 is 2.59 bits per heavy atom. The monoisotopic (exact) mass is 418 g/mol. The summed E-state index contributed by atoms with van der Waals surface area (Å²) in [6.45, 7) is 7.84. The number of nitrogens with two attached hydrogens (primary N) is 1. The molecule has 1 aliphatic rings. The number of hydrogen-bond donors (Lipinski definition) is 2. The highest BCUT2D eigenvalue weighted by Gasteiger charge is 2.39. The number of rotatable bonds is 5. The van der Waals surface area contributed by atoms with E-state index in [2.05, 4.69) is 0 Å². The van der Waals surface area contributed by atoms with Crippen LogP contribution in [-0.2, 0) is 9.47 Å². The van der Waals surface area contributed by atoms with E-state index in [0.29, 0.717) is 36.3 Å². The quantitative estimate of drug-likeness (QED) is 0.709. The van der Waals surface area contributed by atoms with Gasteiger partial charge in [-0.25, -0.2) is 4.79 Å². The predicted octanol–water partition coefficient (Wildman–Crippen LogP) is 3.85. The summed E-state index contributed by atoms with van der Waals surface area (Å²) >= 11 is 12.2. The number of benzene rings is 1. The molecule has 1 aliphatic heterocycles. The van der Waals surface area contributed by atoms with Crippen molar-refractivity contribution < 1.29 is 19.4 Å². The standard InChI is InChI=1S/C19H28Cl2N2O4/c1-19(2,3)17-10-23(18(24)25)9-13(16(27-17)11-26-7-6-22)12-4-5-14(20)15(21)8-12/h4-5,8,13,16-17H,6-7,9-11,22H2,1-3H3,(H,24,25)/t13-,16-,17?/m0/s1. The van der Waals surface area contributed by atoms with E-state index in [0.717, 1.165) is 5.56 Å². The number of carbonyl (C=O) groups is 1. The molecule has 1 fully saturated rings. The van der Waals surface area contributed by atoms with Crippen molar-refractivity contribution in [3.05, 3.63) is 33.8 Å². The van der Waals surface area contributed by atoms with E-state index in [1.807, 2.05) is 26.8 Å². The van der Waals surface area contributed by atoms with E-state index in [4.69, 9.17) is 38.4 Å². The van der Waals surface area contributed by atoms with Gasteiger partial charge in [0.15, 0.2) is 0 Å². The smallest absolute Gasteiger partial charge is 0.407 e. The maximum Gasteiger partial charge on any atom is 0.407 e. The van der Waals surface area contributed by atoms with Crippen molar-refractivity contribution in [1.82, 2.24) is 4.90 Å². The molecule has 0 radical (unpaired) electrons. The molecule has 0 spiro atoms. The van der Waals surface area contributed by atoms with Crippen LogP contribution in [0.5, 0.6) is 0 Å². The molecule has 1 heterocycles. The van der Waals surface area contributed by atoms with Crippen LogP contribution >= 0.6 is 23.2 Å². The van der Waals surface area contributed by atoms with E-state index in [1.54, 1.807) is 12.1 Å². The topological polar surface area (TPSA) is 85.0 Å². The fraction of sp³-hybridized carbons (Fsp3) is 0.632. The average molecular weight is 419 g/mol. The second-order valence-electron chi connectivity index (χ2n) is 7.86. The zero-order chi connectivity index (χ0) is 20.2. The molecule has 6 nitrogen and oxygen atoms in total. The molecule has 1 amide bonds. The van der Waals surface area contributed by atoms with Crippen LogP contribution in [0.1, 0.15) is 32.3 Å². The molecule has 1 aromatic rings. The van der Waals surface area contributed by atoms with Gasteiger partial charge in [0.05, 0.1) is 42.0 Å². The van der Waals surface area contributed by atoms with Gasteiger partial charge >= 0.3 is 6.09 Å². The third kappa shape index (κ3) is 5.96. The molecule has 27 heavy (non-hydrogen) atoms. The van der Waals surface area contributed by atoms with Gasteiger partial charge in [-0.2, -0.15) is 0 Å². The van der Waals surface area contributed by atoms with Crippen molar-refractivity contribution in [2.45, 2.75) is 38.9 Å². The van der Waals surface area contributed by atoms with Crippen LogP contribution in [0.3, 0.4) is 0 Å². The summed E-state index contributed by atoms with van der Waals surface area (Å²) in [5.74, 6) is -0.235. The molecule has 0 saturated carbocycles. The summed E-state index contributed by atoms with van der Waals surface area (Å²) in [5.41, 5.74) is 6.17. The van der Waals surface area contributed by atoms with Crippen molar-refractivity contribution in [3.63, 3.8) is 0 Å². The Morgan fingerprint density at radius 1 is 1.33 bits per heavy atom. The van der Waals surface area contributed by atoms with Crippen molar-refractivity contribution in [1.29, 1.82) is 0 Å². The van der Waals surface area contributed by atoms with Gasteiger partial charge in [0.25, 0.3) is 0 Å². The van der Waals surface area contributed by atoms with E-state index < -0.39 is 6.09 Å². The molecule has 1 aromatic carbocycles. The summed E-state index contributed by atoms with van der Waals surface area (Å²) in [6.07, 6.45) is -1.57. The summed E-state index contributed by atoms with van der Waals surface area (Å²) in [5, 5.41) is 10.6. The first kappa shape index (κ1) is 22.2. The number of amides is 1. The number of carboxylic acid groups (broad SMARTS) is 1. The Hall–Kier alpha value is -1.05. The molecule has 0 aromatic heterocycles. The maximum absolute atomic E-state index is 11.8. The van der Waals surface area contributed by atoms with Gasteiger partial charge in [0.1, 0.15) is 0 Å². The fourth-order valence-corrected chi connectivity index (χ4v) is 3.42. The Morgan fingerprint density at radius 2 is 2.04 bits per heavy atom. The van der Waals surface area contributed by atoms with E-state index >= 15 is 0 Å². The Labute approximate surface area is 170 Å². The van der Waals surface area contributed by atoms with Gasteiger partial charge in [-0.3, -0.25) is 0 Å². The lowest BCUT2D eigenvalue weighted by atomic mass is 9.88. The molecule has 3 atom stereocenters. The van der Waals surface area contributed by atoms with Crippen molar-refractivity contribution >= 4 is 29.3 Å². The van der Waals surface area contributed by atoms with Crippen molar-refractivity contribution in [2.75, 3.05) is 32.8 Å². The minimum Gasteiger partial charge on any atom is -0.465 e. The molecule has 3 N–H and O–H groups in total. The van der Waals surface area contributed by atoms with Crippen LogP contribution < -0.4 is 5.73 Å². The average Bonchev–Trinajstić information content (AvgIpc) is 2.78. The van der Waals surface area contributed by atoms with E-state index in [1.165, 1.54) is 4.90 Å². The van der Waals surface area contributed by atoms with Crippen LogP contribution in [-0.4, -0.2) is 61.2 Å². The van der Waals surface area contributed by atoms with Gasteiger partial charge in [0.2, 0.25) is 0 Å². The zero-order valence-corrected chi connectivity index (χ0v) is 17.5. The molecule has 8 heteroatoms. The van der Waals surface area contributed by atoms with Gasteiger partial charge in [-0.05, 0) is 23.1 Å². The molecule has 1 saturated heterocycles. The minimum atomic E-state index is -0.971. The highest BCUT2D eigenvalue weighted by atomic mass is 35.5. The molecule has 152 valence electrons. The molecule has 2 rings (SSSR count). The van der Waals surface area contributed by atoms with Crippen LogP contribution in [0.4, 0.5) is 4.79 Å². The first-order valence-electron chi connectivity index (χ1n) is 8.99. The third-order valence-corrected chi connectivity index (χ3v) is 5.48. The second kappa shape index (κ2) is 9.43. The molecule has 1 unspecified atom stereocenters. The molecule has 0 bridgehead atoms. The fourth-order valence-electron chi connectivity index (χ4n) is 3.11. The summed E-state index contributed by atoms with van der Waals surface area (Å²) in [4.78, 5) is 13.2. The third-order valence-electron chi connectivity index (χ3n) is 4.74. The highest BCUT2D eigenvalue weighted by molar-refractivity contribution is 6.42. The van der Waals surface area contributed by atoms with Crippen LogP contribution in [0, 0.1) is 5.41 Å². The number of halogens is 2. The lowest BCUT2D eigenvalue weighted by Gasteiger charge is -2.34. The predicted molar refractivity (Wildman–Crippen MR) is 107 cm³/mol. The van der Waals surface area contributed by atoms with Crippen molar-refractivity contribution in [3.8, 4) is 0 Å². The Bertz CT molecular complexity index is 651. The lowest BCUT2D eigenvalue weighted by Crippen LogP contribution is -2.42. The Balaban J connectivity index is 2.39. The SMILES string of the molecule is CC(C)(C)C1CN(C(=O)O)C[C@@H](c2ccc(Cl)c(Cl)c2)[C@H](COCCN)O1. The minimum absolute atomic E-state index is 0.230. The summed E-state index contributed by atoms with van der Waals surface area (Å²) in [7, 11) is 0. The van der Waals surface area contributed by atoms with Crippen LogP contribution in [0.25, 0.3) is 0 Å². The first-order valence-corrected chi connectivity index (χ1v) is 9.75. The van der Waals surface area contributed by atoms with E-state index in [-0.39, 0.29) is 30.1 Å². The van der Waals surface area contributed by atoms with Crippen LogP contribution in [0.15, 0.2) is 18.2 Å². The lowest BCUT2D eigenvalue weighted by molar-refractivity contribution is -0.0937. The van der Waals surface area contributed by atoms with Gasteiger partial charge < -0.3 is 25.2 Å². The van der Waals surface area contributed by atoms with Gasteiger partial charge in [-0.1, -0.05) is 50.0 Å². The zero-order valence-electron chi connectivity index (χ0n) is 16.0. The normalized spacial score (nSPS) is 23.9. The van der Waals surface area contributed by atoms with Gasteiger partial charge in [-0.15, -0.1) is 0 Å². The molecular formula is C19H28Cl2N2O4. The number of nitrogens with zero attached hydrogens (tertiary/aromatic N) is 1. The number of hydrogen-bond acceptors (Lipinski definition) is 4. The largest absolute Gasteiger partial charge is 0.465 e. The van der Waals surface area contributed by atoms with E-state index in [9.17, 15) is 9.90 Å². The second-order valence-corrected chi connectivity index (χ2v) is 8.67. The molecular weight excluding hydrogens is 391 g/mol. The van der Waals surface area contributed by atoms with Gasteiger partial charge in [0, 0.05) is 19.0 Å². The van der Waals surface area contributed by atoms with Crippen molar-refractivity contribution in [2.24, 2.45) is 11.1 Å². The molecule has 0 aliphatic carbocycles. The Kier molecular flexibility index (Phi) is 7.77. The number of ether oxygens (including phenoxy) is 2.